The molecule has 3 rings (SSSR count). The fourth-order valence-electron chi connectivity index (χ4n) is 3.66. The van der Waals surface area contributed by atoms with Gasteiger partial charge in [-0.15, -0.1) is 11.3 Å². The number of carbonyl (C=O) groups excluding carboxylic acids is 2. The molecule has 0 fully saturated rings. The van der Waals surface area contributed by atoms with Crippen molar-refractivity contribution in [2.75, 3.05) is 19.8 Å². The highest BCUT2D eigenvalue weighted by Crippen LogP contribution is 2.58. The van der Waals surface area contributed by atoms with Gasteiger partial charge in [-0.25, -0.2) is 13.6 Å². The Bertz CT molecular complexity index is 1400. The fourth-order valence-corrected chi connectivity index (χ4v) is 6.56. The summed E-state index contributed by atoms with van der Waals surface area (Å²) in [4.78, 5) is 25.3. The summed E-state index contributed by atoms with van der Waals surface area (Å²) in [5, 5.41) is 7.71. The minimum Gasteiger partial charge on any atom is -0.444 e. The van der Waals surface area contributed by atoms with Crippen LogP contribution in [0.5, 0.6) is 0 Å². The molecular weight excluding hydrogens is 533 g/mol. The van der Waals surface area contributed by atoms with Crippen LogP contribution in [0.1, 0.15) is 43.1 Å². The van der Waals surface area contributed by atoms with Gasteiger partial charge < -0.3 is 19.9 Å². The summed E-state index contributed by atoms with van der Waals surface area (Å²) in [6.45, 7) is 8.43. The second kappa shape index (κ2) is 12.2. The quantitative estimate of drug-likeness (QED) is 0.221. The maximum Gasteiger partial charge on any atom is 0.407 e. The zero-order valence-corrected chi connectivity index (χ0v) is 23.6. The van der Waals surface area contributed by atoms with Crippen LogP contribution >= 0.6 is 18.7 Å². The van der Waals surface area contributed by atoms with Gasteiger partial charge >= 0.3 is 6.09 Å². The predicted molar refractivity (Wildman–Crippen MR) is 147 cm³/mol. The predicted octanol–water partition coefficient (Wildman–Crippen LogP) is 6.77. The standard InChI is InChI=1S/C27H31F2N2O5PS/c1-17-6-9-23-19(14-17)20(16-38-23)24(25(32)30-11-10-18-7-8-21(28)22(29)15-18)37(5,34)35-13-12-31-26(33)36-27(2,3)4/h6-11,14-16,24H,12-13H2,1-5H3,(H,30,32)(H,31,33)/b11-10+. The van der Waals surface area contributed by atoms with Gasteiger partial charge in [0.15, 0.2) is 11.6 Å². The van der Waals surface area contributed by atoms with E-state index < -0.39 is 42.3 Å². The molecule has 204 valence electrons. The highest BCUT2D eigenvalue weighted by Gasteiger charge is 2.38. The summed E-state index contributed by atoms with van der Waals surface area (Å²) in [7, 11) is -3.64. The third-order valence-corrected chi connectivity index (χ3v) is 8.46. The number of amides is 2. The summed E-state index contributed by atoms with van der Waals surface area (Å²) in [6, 6.07) is 9.15. The van der Waals surface area contributed by atoms with Crippen LogP contribution in [0.2, 0.25) is 0 Å². The number of alkyl carbamates (subject to hydrolysis) is 1. The molecule has 2 unspecified atom stereocenters. The summed E-state index contributed by atoms with van der Waals surface area (Å²) in [6.07, 6.45) is 2.05. The van der Waals surface area contributed by atoms with Crippen molar-refractivity contribution in [1.82, 2.24) is 10.6 Å². The Morgan fingerprint density at radius 2 is 1.87 bits per heavy atom. The third kappa shape index (κ3) is 7.96. The molecule has 3 aromatic rings. The number of halogens is 2. The molecule has 0 saturated carbocycles. The number of fused-ring (bicyclic) bond motifs is 1. The first kappa shape index (κ1) is 29.5. The first-order valence-electron chi connectivity index (χ1n) is 11.8. The van der Waals surface area contributed by atoms with Gasteiger partial charge in [0, 0.05) is 24.1 Å². The van der Waals surface area contributed by atoms with Crippen LogP contribution < -0.4 is 10.6 Å². The van der Waals surface area contributed by atoms with E-state index in [4.69, 9.17) is 9.26 Å². The Morgan fingerprint density at radius 3 is 2.55 bits per heavy atom. The van der Waals surface area contributed by atoms with E-state index in [2.05, 4.69) is 10.6 Å². The molecule has 38 heavy (non-hydrogen) atoms. The van der Waals surface area contributed by atoms with Gasteiger partial charge in [0.25, 0.3) is 0 Å². The molecule has 0 aliphatic heterocycles. The van der Waals surface area contributed by atoms with E-state index in [0.29, 0.717) is 11.1 Å². The van der Waals surface area contributed by atoms with Gasteiger partial charge in [-0.3, -0.25) is 9.36 Å². The van der Waals surface area contributed by atoms with Gasteiger partial charge in [-0.1, -0.05) is 23.8 Å². The Morgan fingerprint density at radius 1 is 1.13 bits per heavy atom. The summed E-state index contributed by atoms with van der Waals surface area (Å²) < 4.78 is 52.4. The molecule has 0 saturated heterocycles. The SMILES string of the molecule is Cc1ccc2scc(C(C(=O)N/C=C/c3ccc(F)c(F)c3)P(C)(=O)OCCNC(=O)OC(C)(C)C)c2c1. The largest absolute Gasteiger partial charge is 0.444 e. The molecule has 2 aromatic carbocycles. The van der Waals surface area contributed by atoms with E-state index in [-0.39, 0.29) is 13.2 Å². The number of hydrogen-bond donors (Lipinski definition) is 2. The first-order valence-corrected chi connectivity index (χ1v) is 14.9. The smallest absolute Gasteiger partial charge is 0.407 e. The van der Waals surface area contributed by atoms with Crippen molar-refractivity contribution in [1.29, 1.82) is 0 Å². The summed E-state index contributed by atoms with van der Waals surface area (Å²) in [5.74, 6) is -2.57. The van der Waals surface area contributed by atoms with Crippen LogP contribution in [-0.2, 0) is 18.6 Å². The number of nitrogens with one attached hydrogen (secondary N) is 2. The van der Waals surface area contributed by atoms with Crippen molar-refractivity contribution in [3.8, 4) is 0 Å². The molecule has 0 aliphatic rings. The van der Waals surface area contributed by atoms with Crippen LogP contribution in [0.4, 0.5) is 13.6 Å². The lowest BCUT2D eigenvalue weighted by Crippen LogP contribution is -2.34. The molecule has 2 amide bonds. The highest BCUT2D eigenvalue weighted by atomic mass is 32.1. The molecule has 2 N–H and O–H groups in total. The lowest BCUT2D eigenvalue weighted by atomic mass is 10.1. The van der Waals surface area contributed by atoms with Crippen molar-refractivity contribution in [3.63, 3.8) is 0 Å². The second-order valence-electron chi connectivity index (χ2n) is 9.78. The molecule has 0 bridgehead atoms. The molecule has 0 radical (unpaired) electrons. The van der Waals surface area contributed by atoms with Crippen LogP contribution in [0, 0.1) is 18.6 Å². The Balaban J connectivity index is 1.80. The van der Waals surface area contributed by atoms with Gasteiger partial charge in [-0.2, -0.15) is 0 Å². The number of aryl methyl sites for hydroxylation is 1. The molecule has 1 aromatic heterocycles. The minimum absolute atomic E-state index is 0.0284. The number of benzene rings is 2. The fraction of sp³-hybridized carbons (Fsp3) is 0.333. The van der Waals surface area contributed by atoms with Crippen LogP contribution in [-0.4, -0.2) is 37.4 Å². The Hall–Kier alpha value is -3.07. The second-order valence-corrected chi connectivity index (χ2v) is 13.3. The number of rotatable bonds is 9. The summed E-state index contributed by atoms with van der Waals surface area (Å²) in [5.41, 5.74) is 0.0384. The Kier molecular flexibility index (Phi) is 9.46. The van der Waals surface area contributed by atoms with E-state index in [0.717, 1.165) is 27.8 Å². The van der Waals surface area contributed by atoms with Gasteiger partial charge in [0.05, 0.1) is 6.61 Å². The normalized spacial score (nSPS) is 14.3. The first-order chi connectivity index (χ1) is 17.8. The van der Waals surface area contributed by atoms with Crippen molar-refractivity contribution in [3.05, 3.63) is 76.3 Å². The zero-order chi connectivity index (χ0) is 28.1. The lowest BCUT2D eigenvalue weighted by molar-refractivity contribution is -0.120. The third-order valence-electron chi connectivity index (χ3n) is 5.33. The molecule has 7 nitrogen and oxygen atoms in total. The van der Waals surface area contributed by atoms with Crippen molar-refractivity contribution in [2.24, 2.45) is 0 Å². The van der Waals surface area contributed by atoms with E-state index >= 15 is 0 Å². The topological polar surface area (TPSA) is 93.7 Å². The minimum atomic E-state index is -3.64. The zero-order valence-electron chi connectivity index (χ0n) is 21.8. The van der Waals surface area contributed by atoms with Gasteiger partial charge in [0.2, 0.25) is 13.3 Å². The van der Waals surface area contributed by atoms with Crippen molar-refractivity contribution < 1.29 is 32.2 Å². The molecule has 0 spiro atoms. The van der Waals surface area contributed by atoms with Crippen molar-refractivity contribution in [2.45, 2.75) is 39.0 Å². The molecule has 0 aliphatic carbocycles. The number of ether oxygens (including phenoxy) is 1. The number of thiophene rings is 1. The van der Waals surface area contributed by atoms with E-state index in [1.165, 1.54) is 36.3 Å². The Labute approximate surface area is 224 Å². The average molecular weight is 565 g/mol. The van der Waals surface area contributed by atoms with Crippen LogP contribution in [0.25, 0.3) is 16.2 Å². The molecule has 2 atom stereocenters. The van der Waals surface area contributed by atoms with Crippen LogP contribution in [0.15, 0.2) is 48.0 Å². The van der Waals surface area contributed by atoms with E-state index in [9.17, 15) is 22.9 Å². The molecule has 1 heterocycles. The maximum atomic E-state index is 13.8. The van der Waals surface area contributed by atoms with Crippen LogP contribution in [0.3, 0.4) is 0 Å². The van der Waals surface area contributed by atoms with E-state index in [1.54, 1.807) is 26.2 Å². The highest BCUT2D eigenvalue weighted by molar-refractivity contribution is 7.59. The van der Waals surface area contributed by atoms with Crippen molar-refractivity contribution >= 4 is 46.9 Å². The summed E-state index contributed by atoms with van der Waals surface area (Å²) >= 11 is 1.42. The van der Waals surface area contributed by atoms with E-state index in [1.807, 2.05) is 25.1 Å². The monoisotopic (exact) mass is 564 g/mol. The molecular formula is C27H31F2N2O5PS. The lowest BCUT2D eigenvalue weighted by Gasteiger charge is -2.24. The number of carbonyl (C=O) groups is 2. The maximum absolute atomic E-state index is 13.8. The van der Waals surface area contributed by atoms with Gasteiger partial charge in [0.1, 0.15) is 11.3 Å². The molecule has 11 heteroatoms. The number of hydrogen-bond acceptors (Lipinski definition) is 6. The average Bonchev–Trinajstić information content (AvgIpc) is 3.20. The van der Waals surface area contributed by atoms with Gasteiger partial charge in [-0.05, 0) is 73.9 Å².